The maximum atomic E-state index is 13.2. The number of aliphatic hydroxyl groups is 1. The third-order valence-electron chi connectivity index (χ3n) is 3.35. The summed E-state index contributed by atoms with van der Waals surface area (Å²) >= 11 is 0. The number of halogens is 1. The van der Waals surface area contributed by atoms with Gasteiger partial charge in [-0.3, -0.25) is 9.59 Å². The molecule has 1 aromatic carbocycles. The summed E-state index contributed by atoms with van der Waals surface area (Å²) in [5, 5.41) is 10.9. The monoisotopic (exact) mass is 340 g/mol. The molecule has 0 aliphatic heterocycles. The summed E-state index contributed by atoms with van der Waals surface area (Å²) in [6.45, 7) is 4.24. The maximum absolute atomic E-state index is 13.2. The third kappa shape index (κ3) is 4.61. The van der Waals surface area contributed by atoms with Crippen LogP contribution in [0.15, 0.2) is 24.3 Å². The molecule has 7 heteroatoms. The highest BCUT2D eigenvalue weighted by Gasteiger charge is 2.51. The second-order valence-corrected chi connectivity index (χ2v) is 5.26. The van der Waals surface area contributed by atoms with Crippen molar-refractivity contribution in [1.29, 1.82) is 0 Å². The Hall–Kier alpha value is -2.28. The zero-order valence-electron chi connectivity index (χ0n) is 13.9. The predicted octanol–water partition coefficient (Wildman–Crippen LogP) is 1.75. The molecule has 0 unspecified atom stereocenters. The summed E-state index contributed by atoms with van der Waals surface area (Å²) in [5.41, 5.74) is -2.29. The van der Waals surface area contributed by atoms with Crippen molar-refractivity contribution in [2.75, 3.05) is 13.2 Å². The first-order valence-corrected chi connectivity index (χ1v) is 7.57. The molecule has 0 fully saturated rings. The highest BCUT2D eigenvalue weighted by molar-refractivity contribution is 5.95. The molecule has 2 atom stereocenters. The number of benzene rings is 1. The van der Waals surface area contributed by atoms with Crippen molar-refractivity contribution < 1.29 is 33.4 Å². The quantitative estimate of drug-likeness (QED) is 0.725. The van der Waals surface area contributed by atoms with Gasteiger partial charge in [-0.05, 0) is 38.5 Å². The minimum atomic E-state index is -2.44. The molecule has 1 aromatic rings. The van der Waals surface area contributed by atoms with E-state index in [0.717, 1.165) is 12.1 Å². The van der Waals surface area contributed by atoms with Crippen LogP contribution < -0.4 is 0 Å². The van der Waals surface area contributed by atoms with Crippen molar-refractivity contribution in [2.45, 2.75) is 38.7 Å². The SMILES string of the molecule is CCOC(=O)[C@@H](c1ccc(F)cc1)[C@](O)(CC(C)=O)C(=O)OCC. The van der Waals surface area contributed by atoms with Gasteiger partial charge in [0.1, 0.15) is 17.5 Å². The molecular weight excluding hydrogens is 319 g/mol. The number of carbonyl (C=O) groups excluding carboxylic acids is 3. The molecule has 0 aromatic heterocycles. The van der Waals surface area contributed by atoms with Gasteiger partial charge in [0.05, 0.1) is 13.2 Å². The van der Waals surface area contributed by atoms with Gasteiger partial charge in [0.15, 0.2) is 5.60 Å². The molecule has 0 radical (unpaired) electrons. The van der Waals surface area contributed by atoms with Crippen molar-refractivity contribution in [2.24, 2.45) is 0 Å². The molecule has 0 spiro atoms. The summed E-state index contributed by atoms with van der Waals surface area (Å²) in [6.07, 6.45) is -0.632. The van der Waals surface area contributed by atoms with Crippen LogP contribution in [0.2, 0.25) is 0 Å². The smallest absolute Gasteiger partial charge is 0.339 e. The molecule has 0 aliphatic rings. The normalized spacial score (nSPS) is 14.4. The van der Waals surface area contributed by atoms with Crippen molar-refractivity contribution in [3.63, 3.8) is 0 Å². The van der Waals surface area contributed by atoms with Gasteiger partial charge in [0, 0.05) is 6.42 Å². The first-order chi connectivity index (χ1) is 11.3. The van der Waals surface area contributed by atoms with Gasteiger partial charge in [-0.1, -0.05) is 12.1 Å². The number of Topliss-reactive ketones (excluding diaryl/α,β-unsaturated/α-hetero) is 1. The Bertz CT molecular complexity index is 598. The standard InChI is InChI=1S/C17H21FO6/c1-4-23-15(20)14(12-6-8-13(18)9-7-12)17(22,10-11(3)19)16(21)24-5-2/h6-9,14,22H,4-5,10H2,1-3H3/t14-,17-/m1/s1. The van der Waals surface area contributed by atoms with Gasteiger partial charge in [-0.2, -0.15) is 0 Å². The number of esters is 2. The van der Waals surface area contributed by atoms with Gasteiger partial charge in [-0.25, -0.2) is 9.18 Å². The van der Waals surface area contributed by atoms with E-state index < -0.39 is 41.5 Å². The van der Waals surface area contributed by atoms with Crippen LogP contribution >= 0.6 is 0 Å². The van der Waals surface area contributed by atoms with Crippen molar-refractivity contribution in [3.8, 4) is 0 Å². The molecular formula is C17H21FO6. The third-order valence-corrected chi connectivity index (χ3v) is 3.35. The van der Waals surface area contributed by atoms with Crippen LogP contribution in [0, 0.1) is 5.82 Å². The van der Waals surface area contributed by atoms with Gasteiger partial charge in [0.2, 0.25) is 0 Å². The van der Waals surface area contributed by atoms with Gasteiger partial charge in [-0.15, -0.1) is 0 Å². The first kappa shape index (κ1) is 19.8. The van der Waals surface area contributed by atoms with Crippen molar-refractivity contribution >= 4 is 17.7 Å². The number of carbonyl (C=O) groups is 3. The molecule has 0 bridgehead atoms. The van der Waals surface area contributed by atoms with E-state index in [4.69, 9.17) is 9.47 Å². The molecule has 24 heavy (non-hydrogen) atoms. The Kier molecular flexibility index (Phi) is 7.03. The lowest BCUT2D eigenvalue weighted by atomic mass is 9.78. The van der Waals surface area contributed by atoms with E-state index in [1.807, 2.05) is 0 Å². The van der Waals surface area contributed by atoms with Crippen LogP contribution in [0.3, 0.4) is 0 Å². The van der Waals surface area contributed by atoms with Crippen LogP contribution in [0.4, 0.5) is 4.39 Å². The highest BCUT2D eigenvalue weighted by Crippen LogP contribution is 2.34. The van der Waals surface area contributed by atoms with Crippen LogP contribution in [0.5, 0.6) is 0 Å². The summed E-state index contributed by atoms with van der Waals surface area (Å²) in [7, 11) is 0. The number of hydrogen-bond donors (Lipinski definition) is 1. The fraction of sp³-hybridized carbons (Fsp3) is 0.471. The van der Waals surface area contributed by atoms with E-state index in [0.29, 0.717) is 0 Å². The summed E-state index contributed by atoms with van der Waals surface area (Å²) in [6, 6.07) is 4.67. The van der Waals surface area contributed by atoms with E-state index in [-0.39, 0.29) is 18.8 Å². The molecule has 132 valence electrons. The van der Waals surface area contributed by atoms with E-state index in [9.17, 15) is 23.9 Å². The van der Waals surface area contributed by atoms with Gasteiger partial charge >= 0.3 is 11.9 Å². The summed E-state index contributed by atoms with van der Waals surface area (Å²) in [5.74, 6) is -4.58. The van der Waals surface area contributed by atoms with E-state index >= 15 is 0 Å². The highest BCUT2D eigenvalue weighted by atomic mass is 19.1. The van der Waals surface area contributed by atoms with Gasteiger partial charge in [0.25, 0.3) is 0 Å². The van der Waals surface area contributed by atoms with E-state index in [1.165, 1.54) is 26.0 Å². The summed E-state index contributed by atoms with van der Waals surface area (Å²) < 4.78 is 22.9. The predicted molar refractivity (Wildman–Crippen MR) is 82.7 cm³/mol. The van der Waals surface area contributed by atoms with Crippen LogP contribution in [-0.4, -0.2) is 41.6 Å². The van der Waals surface area contributed by atoms with Crippen molar-refractivity contribution in [3.05, 3.63) is 35.6 Å². The average Bonchev–Trinajstić information content (AvgIpc) is 2.49. The molecule has 6 nitrogen and oxygen atoms in total. The number of ketones is 1. The van der Waals surface area contributed by atoms with E-state index in [1.54, 1.807) is 6.92 Å². The zero-order valence-corrected chi connectivity index (χ0v) is 13.9. The largest absolute Gasteiger partial charge is 0.465 e. The topological polar surface area (TPSA) is 89.9 Å². The Balaban J connectivity index is 3.44. The molecule has 0 saturated heterocycles. The maximum Gasteiger partial charge on any atom is 0.339 e. The lowest BCUT2D eigenvalue weighted by Gasteiger charge is -2.32. The molecule has 1 rings (SSSR count). The van der Waals surface area contributed by atoms with Crippen LogP contribution in [0.25, 0.3) is 0 Å². The first-order valence-electron chi connectivity index (χ1n) is 7.57. The summed E-state index contributed by atoms with van der Waals surface area (Å²) in [4.78, 5) is 36.2. The molecule has 0 amide bonds. The Labute approximate surface area is 139 Å². The lowest BCUT2D eigenvalue weighted by molar-refractivity contribution is -0.177. The molecule has 0 saturated carbocycles. The minimum absolute atomic E-state index is 0.00943. The van der Waals surface area contributed by atoms with Crippen molar-refractivity contribution in [1.82, 2.24) is 0 Å². The fourth-order valence-electron chi connectivity index (χ4n) is 2.42. The lowest BCUT2D eigenvalue weighted by Crippen LogP contribution is -2.50. The van der Waals surface area contributed by atoms with Crippen LogP contribution in [0.1, 0.15) is 38.7 Å². The minimum Gasteiger partial charge on any atom is -0.465 e. The Morgan fingerprint density at radius 2 is 1.67 bits per heavy atom. The number of hydrogen-bond acceptors (Lipinski definition) is 6. The second kappa shape index (κ2) is 8.54. The fourth-order valence-corrected chi connectivity index (χ4v) is 2.42. The van der Waals surface area contributed by atoms with E-state index in [2.05, 4.69) is 0 Å². The zero-order chi connectivity index (χ0) is 18.3. The molecule has 0 heterocycles. The Morgan fingerprint density at radius 1 is 1.12 bits per heavy atom. The number of rotatable bonds is 8. The average molecular weight is 340 g/mol. The Morgan fingerprint density at radius 3 is 2.12 bits per heavy atom. The van der Waals surface area contributed by atoms with Crippen LogP contribution in [-0.2, 0) is 23.9 Å². The number of ether oxygens (including phenoxy) is 2. The molecule has 0 aliphatic carbocycles. The molecule has 1 N–H and O–H groups in total. The van der Waals surface area contributed by atoms with Gasteiger partial charge < -0.3 is 14.6 Å². The second-order valence-electron chi connectivity index (χ2n) is 5.26.